The molecule has 0 saturated heterocycles. The summed E-state index contributed by atoms with van der Waals surface area (Å²) in [4.78, 5) is 0. The van der Waals surface area contributed by atoms with E-state index in [1.807, 2.05) is 6.07 Å². The lowest BCUT2D eigenvalue weighted by molar-refractivity contribution is 0.661. The zero-order valence-corrected chi connectivity index (χ0v) is 6.96. The van der Waals surface area contributed by atoms with Crippen LogP contribution in [0.3, 0.4) is 0 Å². The van der Waals surface area contributed by atoms with E-state index in [1.54, 1.807) is 0 Å². The second kappa shape index (κ2) is 4.91. The lowest BCUT2D eigenvalue weighted by Crippen LogP contribution is -2.04. The van der Waals surface area contributed by atoms with Crippen molar-refractivity contribution in [3.63, 3.8) is 0 Å². The molecule has 0 aliphatic carbocycles. The molecule has 59 valence electrons. The summed E-state index contributed by atoms with van der Waals surface area (Å²) in [5.41, 5.74) is 1.31. The molecule has 0 saturated carbocycles. The minimum absolute atomic E-state index is 0.870. The largest absolute Gasteiger partial charge is 0.237 e. The van der Waals surface area contributed by atoms with E-state index in [2.05, 4.69) is 36.5 Å². The lowest BCUT2D eigenvalue weighted by atomic mass is 10.2. The quantitative estimate of drug-likeness (QED) is 0.581. The van der Waals surface area contributed by atoms with Crippen LogP contribution in [0.15, 0.2) is 30.3 Å². The highest BCUT2D eigenvalue weighted by Gasteiger charge is 1.88. The van der Waals surface area contributed by atoms with E-state index in [4.69, 9.17) is 0 Å². The summed E-state index contributed by atoms with van der Waals surface area (Å²) >= 11 is 0. The fourth-order valence-electron chi connectivity index (χ4n) is 0.950. The minimum Gasteiger partial charge on any atom is -0.237 e. The van der Waals surface area contributed by atoms with Crippen molar-refractivity contribution in [1.29, 1.82) is 0 Å². The maximum absolute atomic E-state index is 4.36. The highest BCUT2D eigenvalue weighted by Crippen LogP contribution is 1.97. The van der Waals surface area contributed by atoms with E-state index in [9.17, 15) is 0 Å². The maximum atomic E-state index is 4.36. The molecule has 0 fully saturated rings. The van der Waals surface area contributed by atoms with Crippen LogP contribution in [0.2, 0.25) is 0 Å². The first kappa shape index (κ1) is 8.28. The van der Waals surface area contributed by atoms with Crippen LogP contribution < -0.4 is 5.32 Å². The van der Waals surface area contributed by atoms with Crippen molar-refractivity contribution >= 4 is 0 Å². The van der Waals surface area contributed by atoms with Gasteiger partial charge in [0.1, 0.15) is 0 Å². The zero-order valence-electron chi connectivity index (χ0n) is 6.96. The van der Waals surface area contributed by atoms with Crippen LogP contribution in [0.25, 0.3) is 0 Å². The second-order valence-electron chi connectivity index (χ2n) is 2.59. The summed E-state index contributed by atoms with van der Waals surface area (Å²) in [6.07, 6.45) is 1.15. The van der Waals surface area contributed by atoms with Crippen molar-refractivity contribution in [2.24, 2.45) is 0 Å². The Labute approximate surface area is 68.4 Å². The monoisotopic (exact) mass is 148 g/mol. The van der Waals surface area contributed by atoms with Crippen LogP contribution in [-0.4, -0.2) is 6.54 Å². The molecule has 0 amide bonds. The number of hydrogen-bond donors (Lipinski definition) is 0. The molecule has 1 nitrogen and oxygen atoms in total. The van der Waals surface area contributed by atoms with Crippen molar-refractivity contribution < 1.29 is 0 Å². The van der Waals surface area contributed by atoms with Crippen LogP contribution in [-0.2, 0) is 6.54 Å². The Balaban J connectivity index is 2.28. The summed E-state index contributed by atoms with van der Waals surface area (Å²) in [7, 11) is 0. The molecule has 1 rings (SSSR count). The summed E-state index contributed by atoms with van der Waals surface area (Å²) in [6, 6.07) is 10.4. The van der Waals surface area contributed by atoms with Gasteiger partial charge in [0, 0.05) is 13.1 Å². The van der Waals surface area contributed by atoms with Gasteiger partial charge >= 0.3 is 0 Å². The fraction of sp³-hybridized carbons (Fsp3) is 0.400. The molecule has 0 atom stereocenters. The maximum Gasteiger partial charge on any atom is 0.0384 e. The Hall–Kier alpha value is -0.820. The van der Waals surface area contributed by atoms with Crippen LogP contribution in [0, 0.1) is 0 Å². The van der Waals surface area contributed by atoms with Crippen molar-refractivity contribution in [1.82, 2.24) is 5.32 Å². The molecule has 0 N–H and O–H groups in total. The van der Waals surface area contributed by atoms with E-state index in [-0.39, 0.29) is 0 Å². The number of rotatable bonds is 4. The van der Waals surface area contributed by atoms with Gasteiger partial charge < -0.3 is 0 Å². The molecule has 0 heterocycles. The number of benzene rings is 1. The number of nitrogens with zero attached hydrogens (tertiary/aromatic N) is 1. The third-order valence-corrected chi connectivity index (χ3v) is 1.52. The molecular formula is C10H14N. The fourth-order valence-corrected chi connectivity index (χ4v) is 0.950. The van der Waals surface area contributed by atoms with Crippen LogP contribution >= 0.6 is 0 Å². The average Bonchev–Trinajstić information content (AvgIpc) is 2.07. The van der Waals surface area contributed by atoms with Gasteiger partial charge in [-0.15, -0.1) is 0 Å². The molecule has 0 unspecified atom stereocenters. The summed E-state index contributed by atoms with van der Waals surface area (Å²) < 4.78 is 0. The van der Waals surface area contributed by atoms with Crippen molar-refractivity contribution in [3.8, 4) is 0 Å². The van der Waals surface area contributed by atoms with Gasteiger partial charge in [0.2, 0.25) is 0 Å². The van der Waals surface area contributed by atoms with Gasteiger partial charge in [-0.2, -0.15) is 0 Å². The topological polar surface area (TPSA) is 14.1 Å². The molecule has 1 aromatic carbocycles. The molecule has 0 bridgehead atoms. The van der Waals surface area contributed by atoms with Gasteiger partial charge in [0.15, 0.2) is 0 Å². The smallest absolute Gasteiger partial charge is 0.0384 e. The molecule has 0 spiro atoms. The molecule has 1 aromatic rings. The van der Waals surface area contributed by atoms with Gasteiger partial charge in [-0.25, -0.2) is 5.32 Å². The summed E-state index contributed by atoms with van der Waals surface area (Å²) in [5.74, 6) is 0. The molecule has 1 heteroatoms. The lowest BCUT2D eigenvalue weighted by Gasteiger charge is -1.99. The van der Waals surface area contributed by atoms with Crippen molar-refractivity contribution in [3.05, 3.63) is 35.9 Å². The van der Waals surface area contributed by atoms with Gasteiger partial charge in [-0.05, 0) is 12.0 Å². The van der Waals surface area contributed by atoms with Gasteiger partial charge in [-0.3, -0.25) is 0 Å². The SMILES string of the molecule is CCC[N]Cc1ccccc1. The highest BCUT2D eigenvalue weighted by atomic mass is 14.8. The molecule has 0 aliphatic rings. The molecular weight excluding hydrogens is 134 g/mol. The number of hydrogen-bond acceptors (Lipinski definition) is 0. The van der Waals surface area contributed by atoms with Gasteiger partial charge in [-0.1, -0.05) is 37.3 Å². The predicted octanol–water partition coefficient (Wildman–Crippen LogP) is 2.20. The third kappa shape index (κ3) is 3.19. The van der Waals surface area contributed by atoms with Crippen LogP contribution in [0.1, 0.15) is 18.9 Å². The van der Waals surface area contributed by atoms with Crippen LogP contribution in [0.4, 0.5) is 0 Å². The van der Waals surface area contributed by atoms with Crippen LogP contribution in [0.5, 0.6) is 0 Å². The Morgan fingerprint density at radius 2 is 1.91 bits per heavy atom. The van der Waals surface area contributed by atoms with E-state index < -0.39 is 0 Å². The van der Waals surface area contributed by atoms with Gasteiger partial charge in [0.25, 0.3) is 0 Å². The van der Waals surface area contributed by atoms with Gasteiger partial charge in [0.05, 0.1) is 0 Å². The Morgan fingerprint density at radius 3 is 2.55 bits per heavy atom. The molecule has 0 aliphatic heterocycles. The Morgan fingerprint density at radius 1 is 1.18 bits per heavy atom. The minimum atomic E-state index is 0.870. The van der Waals surface area contributed by atoms with E-state index in [0.29, 0.717) is 0 Å². The van der Waals surface area contributed by atoms with E-state index in [1.165, 1.54) is 5.56 Å². The first-order valence-electron chi connectivity index (χ1n) is 4.10. The highest BCUT2D eigenvalue weighted by molar-refractivity contribution is 5.14. The predicted molar refractivity (Wildman–Crippen MR) is 47.4 cm³/mol. The summed E-state index contributed by atoms with van der Waals surface area (Å²) in [6.45, 7) is 4.00. The first-order chi connectivity index (χ1) is 5.43. The zero-order chi connectivity index (χ0) is 7.94. The molecule has 1 radical (unpaired) electrons. The molecule has 0 aromatic heterocycles. The second-order valence-corrected chi connectivity index (χ2v) is 2.59. The Bertz CT molecular complexity index is 181. The van der Waals surface area contributed by atoms with E-state index >= 15 is 0 Å². The summed E-state index contributed by atoms with van der Waals surface area (Å²) in [5, 5.41) is 4.36. The van der Waals surface area contributed by atoms with E-state index in [0.717, 1.165) is 19.5 Å². The third-order valence-electron chi connectivity index (χ3n) is 1.52. The van der Waals surface area contributed by atoms with Crippen molar-refractivity contribution in [2.45, 2.75) is 19.9 Å². The normalized spacial score (nSPS) is 9.91. The average molecular weight is 148 g/mol. The van der Waals surface area contributed by atoms with Crippen molar-refractivity contribution in [2.75, 3.05) is 6.54 Å². The molecule has 11 heavy (non-hydrogen) atoms. The standard InChI is InChI=1S/C10H14N/c1-2-8-11-9-10-6-4-3-5-7-10/h3-7H,2,8-9H2,1H3. The first-order valence-corrected chi connectivity index (χ1v) is 4.10. The Kier molecular flexibility index (Phi) is 3.70.